The molecule has 1 N–H and O–H groups in total. The Labute approximate surface area is 114 Å². The lowest BCUT2D eigenvalue weighted by atomic mass is 10.3. The van der Waals surface area contributed by atoms with Gasteiger partial charge in [-0.3, -0.25) is 4.98 Å². The number of nitrogens with one attached hydrogen (secondary N) is 1. The average Bonchev–Trinajstić information content (AvgIpc) is 2.30. The number of hydrogen-bond acceptors (Lipinski definition) is 3. The second-order valence-electron chi connectivity index (χ2n) is 3.57. The van der Waals surface area contributed by atoms with Gasteiger partial charge in [-0.1, -0.05) is 6.07 Å². The lowest BCUT2D eigenvalue weighted by Gasteiger charge is -2.07. The summed E-state index contributed by atoms with van der Waals surface area (Å²) >= 11 is 2.27. The average molecular weight is 340 g/mol. The van der Waals surface area contributed by atoms with Gasteiger partial charge < -0.3 is 10.1 Å². The van der Waals surface area contributed by atoms with E-state index in [9.17, 15) is 0 Å². The highest BCUT2D eigenvalue weighted by atomic mass is 127. The Bertz CT molecular complexity index is 502. The van der Waals surface area contributed by atoms with E-state index in [4.69, 9.17) is 4.74 Å². The van der Waals surface area contributed by atoms with Gasteiger partial charge >= 0.3 is 0 Å². The van der Waals surface area contributed by atoms with Crippen molar-refractivity contribution in [3.63, 3.8) is 0 Å². The van der Waals surface area contributed by atoms with E-state index in [0.29, 0.717) is 0 Å². The van der Waals surface area contributed by atoms with E-state index >= 15 is 0 Å². The lowest BCUT2D eigenvalue weighted by molar-refractivity contribution is 0.480. The van der Waals surface area contributed by atoms with Crippen LogP contribution in [0.1, 0.15) is 5.69 Å². The Balaban J connectivity index is 2.15. The number of benzene rings is 1. The van der Waals surface area contributed by atoms with Crippen molar-refractivity contribution >= 4 is 22.6 Å². The Morgan fingerprint density at radius 1 is 1.24 bits per heavy atom. The summed E-state index contributed by atoms with van der Waals surface area (Å²) in [4.78, 5) is 4.24. The number of aromatic nitrogens is 1. The third-order valence-corrected chi connectivity index (χ3v) is 2.85. The summed E-state index contributed by atoms with van der Waals surface area (Å²) in [6.45, 7) is 0.740. The number of hydrogen-bond donors (Lipinski definition) is 1. The number of rotatable bonds is 4. The van der Waals surface area contributed by atoms with E-state index < -0.39 is 0 Å². The summed E-state index contributed by atoms with van der Waals surface area (Å²) in [5.74, 6) is 1.66. The number of pyridine rings is 1. The monoisotopic (exact) mass is 340 g/mol. The zero-order valence-electron chi connectivity index (χ0n) is 9.48. The number of nitrogens with zero attached hydrogens (tertiary/aromatic N) is 1. The Kier molecular flexibility index (Phi) is 4.33. The van der Waals surface area contributed by atoms with Gasteiger partial charge in [-0.15, -0.1) is 0 Å². The van der Waals surface area contributed by atoms with Gasteiger partial charge in [-0.25, -0.2) is 0 Å². The van der Waals surface area contributed by atoms with Crippen LogP contribution in [-0.2, 0) is 6.54 Å². The fourth-order valence-corrected chi connectivity index (χ4v) is 1.98. The van der Waals surface area contributed by atoms with Crippen molar-refractivity contribution < 1.29 is 4.74 Å². The maximum Gasteiger partial charge on any atom is 0.130 e. The maximum absolute atomic E-state index is 5.77. The molecule has 0 aliphatic rings. The van der Waals surface area contributed by atoms with Crippen molar-refractivity contribution in [2.24, 2.45) is 0 Å². The van der Waals surface area contributed by atoms with E-state index in [2.05, 4.69) is 32.9 Å². The van der Waals surface area contributed by atoms with Crippen molar-refractivity contribution in [2.45, 2.75) is 6.54 Å². The molecule has 2 rings (SSSR count). The molecule has 88 valence electrons. The molecule has 0 aliphatic heterocycles. The number of halogens is 1. The molecule has 0 saturated heterocycles. The first-order chi connectivity index (χ1) is 8.28. The summed E-state index contributed by atoms with van der Waals surface area (Å²) in [5.41, 5.74) is 0.968. The predicted molar refractivity (Wildman–Crippen MR) is 76.2 cm³/mol. The van der Waals surface area contributed by atoms with Crippen LogP contribution >= 0.6 is 22.6 Å². The highest BCUT2D eigenvalue weighted by molar-refractivity contribution is 14.1. The van der Waals surface area contributed by atoms with E-state index in [-0.39, 0.29) is 0 Å². The number of ether oxygens (including phenoxy) is 1. The Hall–Kier alpha value is -1.14. The molecular formula is C13H13IN2O. The third kappa shape index (κ3) is 3.67. The standard InChI is InChI=1S/C13H13IN2O/c1-15-9-11-8-13(5-6-16-11)17-12-4-2-3-10(14)7-12/h2-8,15H,9H2,1H3. The molecular weight excluding hydrogens is 327 g/mol. The molecule has 1 aromatic heterocycles. The molecule has 0 bridgehead atoms. The highest BCUT2D eigenvalue weighted by Crippen LogP contribution is 2.22. The topological polar surface area (TPSA) is 34.1 Å². The van der Waals surface area contributed by atoms with Crippen LogP contribution in [0.15, 0.2) is 42.6 Å². The van der Waals surface area contributed by atoms with Crippen LogP contribution in [0, 0.1) is 3.57 Å². The Morgan fingerprint density at radius 2 is 2.06 bits per heavy atom. The van der Waals surface area contributed by atoms with Gasteiger partial charge in [0, 0.05) is 22.4 Å². The predicted octanol–water partition coefficient (Wildman–Crippen LogP) is 3.20. The first-order valence-electron chi connectivity index (χ1n) is 5.31. The normalized spacial score (nSPS) is 10.2. The minimum absolute atomic E-state index is 0.740. The van der Waals surface area contributed by atoms with Crippen LogP contribution in [0.5, 0.6) is 11.5 Å². The van der Waals surface area contributed by atoms with Gasteiger partial charge in [-0.2, -0.15) is 0 Å². The minimum atomic E-state index is 0.740. The fraction of sp³-hybridized carbons (Fsp3) is 0.154. The van der Waals surface area contributed by atoms with Crippen molar-refractivity contribution in [2.75, 3.05) is 7.05 Å². The second-order valence-corrected chi connectivity index (χ2v) is 4.82. The molecule has 0 aliphatic carbocycles. The van der Waals surface area contributed by atoms with Gasteiger partial charge in [0.25, 0.3) is 0 Å². The van der Waals surface area contributed by atoms with Crippen molar-refractivity contribution in [3.8, 4) is 11.5 Å². The smallest absolute Gasteiger partial charge is 0.130 e. The molecule has 1 aromatic carbocycles. The van der Waals surface area contributed by atoms with Crippen LogP contribution < -0.4 is 10.1 Å². The zero-order chi connectivity index (χ0) is 12.1. The van der Waals surface area contributed by atoms with Crippen LogP contribution in [0.25, 0.3) is 0 Å². The van der Waals surface area contributed by atoms with E-state index in [1.165, 1.54) is 0 Å². The summed E-state index contributed by atoms with van der Waals surface area (Å²) in [5, 5.41) is 3.06. The van der Waals surface area contributed by atoms with E-state index in [0.717, 1.165) is 27.3 Å². The molecule has 0 atom stereocenters. The second kappa shape index (κ2) is 5.97. The lowest BCUT2D eigenvalue weighted by Crippen LogP contribution is -2.06. The SMILES string of the molecule is CNCc1cc(Oc2cccc(I)c2)ccn1. The van der Waals surface area contributed by atoms with E-state index in [1.807, 2.05) is 43.4 Å². The van der Waals surface area contributed by atoms with Crippen molar-refractivity contribution in [1.82, 2.24) is 10.3 Å². The highest BCUT2D eigenvalue weighted by Gasteiger charge is 2.00. The van der Waals surface area contributed by atoms with Gasteiger partial charge in [0.2, 0.25) is 0 Å². The third-order valence-electron chi connectivity index (χ3n) is 2.18. The fourth-order valence-electron chi connectivity index (χ4n) is 1.46. The van der Waals surface area contributed by atoms with Gasteiger partial charge in [0.1, 0.15) is 11.5 Å². The minimum Gasteiger partial charge on any atom is -0.457 e. The first kappa shape index (κ1) is 12.3. The van der Waals surface area contributed by atoms with Gasteiger partial charge in [0.15, 0.2) is 0 Å². The molecule has 0 spiro atoms. The van der Waals surface area contributed by atoms with Crippen LogP contribution in [-0.4, -0.2) is 12.0 Å². The molecule has 3 nitrogen and oxygen atoms in total. The van der Waals surface area contributed by atoms with Crippen LogP contribution in [0.3, 0.4) is 0 Å². The van der Waals surface area contributed by atoms with Crippen LogP contribution in [0.2, 0.25) is 0 Å². The van der Waals surface area contributed by atoms with Crippen LogP contribution in [0.4, 0.5) is 0 Å². The van der Waals surface area contributed by atoms with Gasteiger partial charge in [0.05, 0.1) is 5.69 Å². The Morgan fingerprint density at radius 3 is 2.82 bits per heavy atom. The zero-order valence-corrected chi connectivity index (χ0v) is 11.6. The molecule has 1 heterocycles. The molecule has 0 unspecified atom stereocenters. The molecule has 0 fully saturated rings. The largest absolute Gasteiger partial charge is 0.457 e. The summed E-state index contributed by atoms with van der Waals surface area (Å²) in [7, 11) is 1.90. The first-order valence-corrected chi connectivity index (χ1v) is 6.39. The summed E-state index contributed by atoms with van der Waals surface area (Å²) < 4.78 is 6.93. The molecule has 0 amide bonds. The molecule has 2 aromatic rings. The summed E-state index contributed by atoms with van der Waals surface area (Å²) in [6, 6.07) is 11.8. The molecule has 17 heavy (non-hydrogen) atoms. The maximum atomic E-state index is 5.77. The molecule has 4 heteroatoms. The van der Waals surface area contributed by atoms with E-state index in [1.54, 1.807) is 6.20 Å². The van der Waals surface area contributed by atoms with Crippen molar-refractivity contribution in [3.05, 3.63) is 51.9 Å². The summed E-state index contributed by atoms with van der Waals surface area (Å²) in [6.07, 6.45) is 1.76. The molecule has 0 saturated carbocycles. The quantitative estimate of drug-likeness (QED) is 0.868. The molecule has 0 radical (unpaired) electrons. The van der Waals surface area contributed by atoms with Crippen molar-refractivity contribution in [1.29, 1.82) is 0 Å². The van der Waals surface area contributed by atoms with Gasteiger partial charge in [-0.05, 0) is 53.9 Å².